The highest BCUT2D eigenvalue weighted by molar-refractivity contribution is 5.75. The van der Waals surface area contributed by atoms with Crippen molar-refractivity contribution in [3.05, 3.63) is 18.0 Å². The number of hydrogen-bond donors (Lipinski definition) is 1. The van der Waals surface area contributed by atoms with Crippen LogP contribution < -0.4 is 5.73 Å². The van der Waals surface area contributed by atoms with E-state index in [9.17, 15) is 0 Å². The maximum absolute atomic E-state index is 5.44. The molecule has 0 aliphatic carbocycles. The van der Waals surface area contributed by atoms with Crippen molar-refractivity contribution in [2.45, 2.75) is 6.42 Å². The molecule has 64 valence electrons. The molecule has 0 radical (unpaired) electrons. The van der Waals surface area contributed by atoms with Gasteiger partial charge in [-0.05, 0) is 6.54 Å². The topological polar surface area (TPSA) is 57.0 Å². The van der Waals surface area contributed by atoms with Crippen LogP contribution in [0.25, 0.3) is 11.1 Å². The van der Waals surface area contributed by atoms with Crippen molar-refractivity contribution in [2.75, 3.05) is 6.54 Å². The summed E-state index contributed by atoms with van der Waals surface area (Å²) in [5.41, 5.74) is 8.27. The molecule has 0 fully saturated rings. The van der Waals surface area contributed by atoms with Gasteiger partial charge in [-0.25, -0.2) is 0 Å². The van der Waals surface area contributed by atoms with Gasteiger partial charge in [0.05, 0.1) is 6.26 Å². The predicted octanol–water partition coefficient (Wildman–Crippen LogP) is 0.667. The second kappa shape index (κ2) is 2.64. The van der Waals surface area contributed by atoms with E-state index in [1.807, 2.05) is 17.8 Å². The molecular weight excluding hydrogens is 154 g/mol. The molecule has 0 saturated carbocycles. The van der Waals surface area contributed by atoms with Gasteiger partial charge in [0, 0.05) is 19.5 Å². The van der Waals surface area contributed by atoms with Crippen molar-refractivity contribution >= 4 is 11.1 Å². The number of furan rings is 1. The van der Waals surface area contributed by atoms with Gasteiger partial charge in [-0.3, -0.25) is 4.68 Å². The number of aryl methyl sites for hydroxylation is 1. The summed E-state index contributed by atoms with van der Waals surface area (Å²) in [6, 6.07) is 1.91. The molecule has 0 atom stereocenters. The number of fused-ring (bicyclic) bond motifs is 1. The summed E-state index contributed by atoms with van der Waals surface area (Å²) < 4.78 is 7.09. The van der Waals surface area contributed by atoms with Gasteiger partial charge >= 0.3 is 0 Å². The lowest BCUT2D eigenvalue weighted by atomic mass is 10.3. The fourth-order valence-electron chi connectivity index (χ4n) is 1.35. The lowest BCUT2D eigenvalue weighted by Crippen LogP contribution is -2.03. The van der Waals surface area contributed by atoms with Crippen LogP contribution >= 0.6 is 0 Å². The van der Waals surface area contributed by atoms with E-state index in [1.165, 1.54) is 0 Å². The predicted molar refractivity (Wildman–Crippen MR) is 45.7 cm³/mol. The minimum Gasteiger partial charge on any atom is -0.461 e. The van der Waals surface area contributed by atoms with Gasteiger partial charge in [-0.15, -0.1) is 0 Å². The van der Waals surface area contributed by atoms with Gasteiger partial charge in [0.15, 0.2) is 5.58 Å². The summed E-state index contributed by atoms with van der Waals surface area (Å²) in [5.74, 6) is 0. The first kappa shape index (κ1) is 7.36. The van der Waals surface area contributed by atoms with Gasteiger partial charge in [-0.1, -0.05) is 0 Å². The summed E-state index contributed by atoms with van der Waals surface area (Å²) >= 11 is 0. The minimum absolute atomic E-state index is 0.604. The zero-order chi connectivity index (χ0) is 8.55. The lowest BCUT2D eigenvalue weighted by molar-refractivity contribution is 0.608. The molecule has 0 aromatic carbocycles. The van der Waals surface area contributed by atoms with Crippen LogP contribution in [-0.2, 0) is 13.5 Å². The van der Waals surface area contributed by atoms with Crippen LogP contribution in [0.1, 0.15) is 5.69 Å². The maximum atomic E-state index is 5.44. The molecule has 0 spiro atoms. The Morgan fingerprint density at radius 2 is 2.50 bits per heavy atom. The molecule has 2 rings (SSSR count). The monoisotopic (exact) mass is 165 g/mol. The second-order valence-electron chi connectivity index (χ2n) is 2.74. The summed E-state index contributed by atoms with van der Waals surface area (Å²) in [5, 5.41) is 4.28. The largest absolute Gasteiger partial charge is 0.461 e. The van der Waals surface area contributed by atoms with Crippen LogP contribution in [-0.4, -0.2) is 16.3 Å². The maximum Gasteiger partial charge on any atom is 0.175 e. The van der Waals surface area contributed by atoms with E-state index in [2.05, 4.69) is 5.10 Å². The summed E-state index contributed by atoms with van der Waals surface area (Å²) in [6.07, 6.45) is 2.44. The minimum atomic E-state index is 0.604. The molecule has 2 N–H and O–H groups in total. The Morgan fingerprint density at radius 1 is 1.67 bits per heavy atom. The standard InChI is InChI=1S/C8H11N3O/c1-11-7-3-5-12-8(7)6(10-11)2-4-9/h3,5H,2,4,9H2,1H3. The highest BCUT2D eigenvalue weighted by Gasteiger charge is 2.09. The molecule has 2 aromatic heterocycles. The number of rotatable bonds is 2. The van der Waals surface area contributed by atoms with E-state index < -0.39 is 0 Å². The Kier molecular flexibility index (Phi) is 1.62. The van der Waals surface area contributed by atoms with Crippen molar-refractivity contribution in [1.82, 2.24) is 9.78 Å². The van der Waals surface area contributed by atoms with Crippen molar-refractivity contribution in [2.24, 2.45) is 12.8 Å². The first-order chi connectivity index (χ1) is 5.83. The van der Waals surface area contributed by atoms with Gasteiger partial charge in [-0.2, -0.15) is 5.10 Å². The Labute approximate surface area is 69.9 Å². The van der Waals surface area contributed by atoms with Crippen molar-refractivity contribution in [3.8, 4) is 0 Å². The van der Waals surface area contributed by atoms with E-state index in [4.69, 9.17) is 10.2 Å². The quantitative estimate of drug-likeness (QED) is 0.711. The summed E-state index contributed by atoms with van der Waals surface area (Å²) in [4.78, 5) is 0. The van der Waals surface area contributed by atoms with Crippen LogP contribution in [0.3, 0.4) is 0 Å². The second-order valence-corrected chi connectivity index (χ2v) is 2.74. The van der Waals surface area contributed by atoms with Crippen molar-refractivity contribution < 1.29 is 4.42 Å². The summed E-state index contributed by atoms with van der Waals surface area (Å²) in [7, 11) is 1.90. The number of nitrogens with zero attached hydrogens (tertiary/aromatic N) is 2. The van der Waals surface area contributed by atoms with Crippen LogP contribution in [0.2, 0.25) is 0 Å². The van der Waals surface area contributed by atoms with Crippen LogP contribution in [0.4, 0.5) is 0 Å². The number of aromatic nitrogens is 2. The molecule has 0 unspecified atom stereocenters. The molecule has 2 heterocycles. The number of nitrogens with two attached hydrogens (primary N) is 1. The number of hydrogen-bond acceptors (Lipinski definition) is 3. The molecule has 0 aliphatic rings. The van der Waals surface area contributed by atoms with E-state index in [1.54, 1.807) is 6.26 Å². The Balaban J connectivity index is 2.59. The van der Waals surface area contributed by atoms with Crippen LogP contribution in [0.15, 0.2) is 16.7 Å². The Hall–Kier alpha value is -1.29. The molecule has 0 amide bonds. The first-order valence-corrected chi connectivity index (χ1v) is 3.92. The third-order valence-corrected chi connectivity index (χ3v) is 1.91. The fraction of sp³-hybridized carbons (Fsp3) is 0.375. The summed E-state index contributed by atoms with van der Waals surface area (Å²) in [6.45, 7) is 0.604. The highest BCUT2D eigenvalue weighted by Crippen LogP contribution is 2.18. The zero-order valence-electron chi connectivity index (χ0n) is 6.95. The van der Waals surface area contributed by atoms with Crippen LogP contribution in [0.5, 0.6) is 0 Å². The van der Waals surface area contributed by atoms with Crippen LogP contribution in [0, 0.1) is 0 Å². The smallest absolute Gasteiger partial charge is 0.175 e. The molecule has 4 nitrogen and oxygen atoms in total. The average Bonchev–Trinajstić information content (AvgIpc) is 2.58. The van der Waals surface area contributed by atoms with Gasteiger partial charge in [0.1, 0.15) is 11.2 Å². The Morgan fingerprint density at radius 3 is 3.25 bits per heavy atom. The molecule has 0 saturated heterocycles. The van der Waals surface area contributed by atoms with Gasteiger partial charge in [0.2, 0.25) is 0 Å². The fourth-order valence-corrected chi connectivity index (χ4v) is 1.35. The SMILES string of the molecule is Cn1nc(CCN)c2occc21. The van der Waals surface area contributed by atoms with E-state index in [0.717, 1.165) is 23.2 Å². The zero-order valence-corrected chi connectivity index (χ0v) is 6.95. The third-order valence-electron chi connectivity index (χ3n) is 1.91. The first-order valence-electron chi connectivity index (χ1n) is 3.92. The molecule has 4 heteroatoms. The van der Waals surface area contributed by atoms with Crippen molar-refractivity contribution in [1.29, 1.82) is 0 Å². The highest BCUT2D eigenvalue weighted by atomic mass is 16.3. The van der Waals surface area contributed by atoms with Gasteiger partial charge in [0.25, 0.3) is 0 Å². The Bertz CT molecular complexity index is 388. The van der Waals surface area contributed by atoms with E-state index in [0.29, 0.717) is 6.54 Å². The normalized spacial score (nSPS) is 11.2. The third kappa shape index (κ3) is 0.921. The molecule has 2 aromatic rings. The molecule has 12 heavy (non-hydrogen) atoms. The lowest BCUT2D eigenvalue weighted by Gasteiger charge is -1.89. The van der Waals surface area contributed by atoms with E-state index in [-0.39, 0.29) is 0 Å². The molecule has 0 bridgehead atoms. The molecular formula is C8H11N3O. The van der Waals surface area contributed by atoms with Crippen molar-refractivity contribution in [3.63, 3.8) is 0 Å². The average molecular weight is 165 g/mol. The molecule has 0 aliphatic heterocycles. The van der Waals surface area contributed by atoms with Gasteiger partial charge < -0.3 is 10.2 Å². The van der Waals surface area contributed by atoms with E-state index >= 15 is 0 Å².